The first-order valence-electron chi connectivity index (χ1n) is 10.7. The molecule has 0 aliphatic rings. The fourth-order valence-electron chi connectivity index (χ4n) is 3.71. The number of aromatic hydroxyl groups is 1. The molecule has 1 atom stereocenters. The number of carbonyl (C=O) groups is 1. The Morgan fingerprint density at radius 1 is 1.06 bits per heavy atom. The van der Waals surface area contributed by atoms with Gasteiger partial charge in [0.05, 0.1) is 29.3 Å². The molecule has 3 aromatic carbocycles. The van der Waals surface area contributed by atoms with E-state index in [1.54, 1.807) is 44.2 Å². The van der Waals surface area contributed by atoms with Crippen LogP contribution >= 0.6 is 11.6 Å². The van der Waals surface area contributed by atoms with Crippen LogP contribution in [0.15, 0.2) is 56.9 Å². The Bertz CT molecular complexity index is 1480. The van der Waals surface area contributed by atoms with Gasteiger partial charge in [-0.05, 0) is 31.5 Å². The molecule has 0 saturated carbocycles. The highest BCUT2D eigenvalue weighted by molar-refractivity contribution is 7.89. The predicted octanol–water partition coefficient (Wildman–Crippen LogP) is 2.99. The fraction of sp³-hybridized carbons (Fsp3) is 0.292. The molecule has 192 valence electrons. The van der Waals surface area contributed by atoms with Gasteiger partial charge in [0.15, 0.2) is 5.75 Å². The number of carbonyl (C=O) groups excluding carboxylic acids is 1. The number of esters is 1. The van der Waals surface area contributed by atoms with Gasteiger partial charge in [0.25, 0.3) is 10.9 Å². The second-order valence-electron chi connectivity index (χ2n) is 8.79. The van der Waals surface area contributed by atoms with Gasteiger partial charge in [-0.25, -0.2) is 12.7 Å². The Morgan fingerprint density at radius 2 is 1.64 bits per heavy atom. The van der Waals surface area contributed by atoms with Crippen molar-refractivity contribution >= 4 is 44.7 Å². The first kappa shape index (κ1) is 27.2. The Labute approximate surface area is 213 Å². The van der Waals surface area contributed by atoms with Crippen LogP contribution in [0.5, 0.6) is 5.75 Å². The third kappa shape index (κ3) is 4.69. The smallest absolute Gasteiger partial charge is 0.313 e. The fourth-order valence-corrected chi connectivity index (χ4v) is 5.19. The lowest BCUT2D eigenvalue weighted by Gasteiger charge is -2.34. The SMILES string of the molecule is COC(=O)C(C)(C)C(Nc1c(Nc2ccc(Cl)c(S(=O)(=O)N(C)C)c2O)c(=O)c1=O)c1ccccc1. The largest absolute Gasteiger partial charge is 0.504 e. The van der Waals surface area contributed by atoms with Gasteiger partial charge in [0, 0.05) is 14.1 Å². The van der Waals surface area contributed by atoms with E-state index in [4.69, 9.17) is 16.3 Å². The molecule has 0 aromatic heterocycles. The number of phenols is 1. The molecule has 10 nitrogen and oxygen atoms in total. The molecular formula is C24H26ClN3O7S. The van der Waals surface area contributed by atoms with E-state index in [-0.39, 0.29) is 22.1 Å². The molecule has 0 saturated heterocycles. The van der Waals surface area contributed by atoms with Crippen LogP contribution in [-0.4, -0.2) is 45.0 Å². The summed E-state index contributed by atoms with van der Waals surface area (Å²) in [5, 5.41) is 16.1. The Balaban J connectivity index is 2.07. The van der Waals surface area contributed by atoms with Crippen molar-refractivity contribution in [3.63, 3.8) is 0 Å². The molecule has 0 spiro atoms. The van der Waals surface area contributed by atoms with Gasteiger partial charge in [0.1, 0.15) is 16.3 Å². The van der Waals surface area contributed by atoms with Crippen LogP contribution < -0.4 is 21.5 Å². The number of phenolic OH excluding ortho intramolecular Hbond substituents is 1. The number of halogens is 1. The zero-order chi connectivity index (χ0) is 27.0. The van der Waals surface area contributed by atoms with Crippen LogP contribution in [0.25, 0.3) is 0 Å². The molecule has 0 heterocycles. The quantitative estimate of drug-likeness (QED) is 0.214. The van der Waals surface area contributed by atoms with E-state index < -0.39 is 49.0 Å². The van der Waals surface area contributed by atoms with Gasteiger partial charge in [-0.2, -0.15) is 0 Å². The number of methoxy groups -OCH3 is 1. The van der Waals surface area contributed by atoms with Crippen LogP contribution in [0.3, 0.4) is 0 Å². The van der Waals surface area contributed by atoms with Crippen LogP contribution in [-0.2, 0) is 19.6 Å². The van der Waals surface area contributed by atoms with E-state index in [9.17, 15) is 27.9 Å². The number of nitrogens with one attached hydrogen (secondary N) is 2. The van der Waals surface area contributed by atoms with E-state index >= 15 is 0 Å². The third-order valence-corrected chi connectivity index (χ3v) is 8.16. The maximum atomic E-state index is 12.6. The Hall–Kier alpha value is -3.41. The lowest BCUT2D eigenvalue weighted by Crippen LogP contribution is -2.42. The lowest BCUT2D eigenvalue weighted by atomic mass is 9.80. The molecule has 3 N–H and O–H groups in total. The summed E-state index contributed by atoms with van der Waals surface area (Å²) >= 11 is 6.04. The van der Waals surface area contributed by atoms with Crippen molar-refractivity contribution in [3.8, 4) is 5.75 Å². The first-order chi connectivity index (χ1) is 16.7. The molecule has 12 heteroatoms. The normalized spacial score (nSPS) is 13.0. The second kappa shape index (κ2) is 9.92. The number of anilines is 3. The molecule has 0 aliphatic heterocycles. The maximum absolute atomic E-state index is 12.6. The standard InChI is InChI=1S/C24H26ClN3O7S/c1-24(2,23(32)35-5)22(13-9-7-6-8-10-13)27-17-16(19(30)20(17)31)26-15-12-11-14(25)21(18(15)29)36(33,34)28(3)4/h6-12,22,26-27,29H,1-5H3. The van der Waals surface area contributed by atoms with Gasteiger partial charge in [-0.3, -0.25) is 14.4 Å². The minimum Gasteiger partial charge on any atom is -0.504 e. The van der Waals surface area contributed by atoms with E-state index in [1.807, 2.05) is 0 Å². The number of benzene rings is 2. The highest BCUT2D eigenvalue weighted by Crippen LogP contribution is 2.41. The van der Waals surface area contributed by atoms with E-state index in [1.165, 1.54) is 33.3 Å². The number of rotatable bonds is 9. The van der Waals surface area contributed by atoms with Crippen molar-refractivity contribution in [3.05, 3.63) is 73.5 Å². The van der Waals surface area contributed by atoms with E-state index in [0.29, 0.717) is 5.56 Å². The number of hydrogen-bond acceptors (Lipinski definition) is 9. The van der Waals surface area contributed by atoms with E-state index in [0.717, 1.165) is 4.31 Å². The summed E-state index contributed by atoms with van der Waals surface area (Å²) in [6.45, 7) is 3.26. The van der Waals surface area contributed by atoms with Crippen LogP contribution in [0.4, 0.5) is 17.1 Å². The molecule has 0 aliphatic carbocycles. The highest BCUT2D eigenvalue weighted by atomic mass is 35.5. The van der Waals surface area contributed by atoms with Gasteiger partial charge in [-0.1, -0.05) is 41.9 Å². The Kier molecular flexibility index (Phi) is 7.49. The monoisotopic (exact) mass is 535 g/mol. The van der Waals surface area contributed by atoms with Crippen molar-refractivity contribution in [1.82, 2.24) is 4.31 Å². The number of sulfonamides is 1. The van der Waals surface area contributed by atoms with E-state index in [2.05, 4.69) is 10.6 Å². The van der Waals surface area contributed by atoms with Crippen molar-refractivity contribution in [2.45, 2.75) is 24.8 Å². The minimum atomic E-state index is -4.13. The molecular weight excluding hydrogens is 510 g/mol. The third-order valence-electron chi connectivity index (χ3n) is 5.85. The lowest BCUT2D eigenvalue weighted by molar-refractivity contribution is -0.151. The number of nitrogens with zero attached hydrogens (tertiary/aromatic N) is 1. The minimum absolute atomic E-state index is 0.128. The number of ether oxygens (including phenoxy) is 1. The van der Waals surface area contributed by atoms with Crippen LogP contribution in [0.1, 0.15) is 25.5 Å². The zero-order valence-electron chi connectivity index (χ0n) is 20.2. The summed E-state index contributed by atoms with van der Waals surface area (Å²) in [4.78, 5) is 37.0. The molecule has 3 aromatic rings. The summed E-state index contributed by atoms with van der Waals surface area (Å²) in [5.74, 6) is -1.27. The highest BCUT2D eigenvalue weighted by Gasteiger charge is 2.41. The molecule has 0 bridgehead atoms. The molecule has 0 radical (unpaired) electrons. The average molecular weight is 536 g/mol. The van der Waals surface area contributed by atoms with Crippen LogP contribution in [0, 0.1) is 5.41 Å². The van der Waals surface area contributed by atoms with Gasteiger partial charge < -0.3 is 20.5 Å². The van der Waals surface area contributed by atoms with Gasteiger partial charge in [-0.15, -0.1) is 0 Å². The van der Waals surface area contributed by atoms with Crippen molar-refractivity contribution in [2.75, 3.05) is 31.8 Å². The topological polar surface area (TPSA) is 142 Å². The molecule has 0 fully saturated rings. The van der Waals surface area contributed by atoms with Crippen molar-refractivity contribution < 1.29 is 23.1 Å². The summed E-state index contributed by atoms with van der Waals surface area (Å²) in [6, 6.07) is 10.6. The predicted molar refractivity (Wildman–Crippen MR) is 137 cm³/mol. The average Bonchev–Trinajstić information content (AvgIpc) is 2.83. The maximum Gasteiger partial charge on any atom is 0.313 e. The van der Waals surface area contributed by atoms with Gasteiger partial charge in [0.2, 0.25) is 10.0 Å². The summed E-state index contributed by atoms with van der Waals surface area (Å²) in [6.07, 6.45) is 0. The molecule has 3 rings (SSSR count). The zero-order valence-corrected chi connectivity index (χ0v) is 21.8. The molecule has 1 unspecified atom stereocenters. The molecule has 0 amide bonds. The van der Waals surface area contributed by atoms with Gasteiger partial charge >= 0.3 is 5.97 Å². The van der Waals surface area contributed by atoms with Crippen molar-refractivity contribution in [2.24, 2.45) is 5.41 Å². The van der Waals surface area contributed by atoms with Crippen LogP contribution in [0.2, 0.25) is 5.02 Å². The Morgan fingerprint density at radius 3 is 2.19 bits per heavy atom. The molecule has 36 heavy (non-hydrogen) atoms. The second-order valence-corrected chi connectivity index (χ2v) is 11.3. The summed E-state index contributed by atoms with van der Waals surface area (Å²) in [7, 11) is -0.335. The van der Waals surface area contributed by atoms with Crippen molar-refractivity contribution in [1.29, 1.82) is 0 Å². The number of hydrogen-bond donors (Lipinski definition) is 3. The first-order valence-corrected chi connectivity index (χ1v) is 12.5. The summed E-state index contributed by atoms with van der Waals surface area (Å²) < 4.78 is 31.1. The summed E-state index contributed by atoms with van der Waals surface area (Å²) in [5.41, 5.74) is -2.72.